The van der Waals surface area contributed by atoms with Gasteiger partial charge in [0.25, 0.3) is 0 Å². The highest BCUT2D eigenvalue weighted by molar-refractivity contribution is 7.89. The quantitative estimate of drug-likeness (QED) is 0.657. The number of hydrogen-bond acceptors (Lipinski definition) is 5. The van der Waals surface area contributed by atoms with E-state index in [2.05, 4.69) is 45.7 Å². The zero-order valence-corrected chi connectivity index (χ0v) is 18.3. The minimum atomic E-state index is -3.46. The number of piperazine rings is 1. The maximum atomic E-state index is 12.2. The number of benzene rings is 2. The summed E-state index contributed by atoms with van der Waals surface area (Å²) in [5.74, 6) is 1.00. The topological polar surface area (TPSA) is 65.5 Å². The van der Waals surface area contributed by atoms with Crippen molar-refractivity contribution in [2.75, 3.05) is 44.2 Å². The van der Waals surface area contributed by atoms with Gasteiger partial charge in [-0.3, -0.25) is 0 Å². The number of nitrogens with one attached hydrogen (secondary N) is 1. The zero-order chi connectivity index (χ0) is 21.1. The Kier molecular flexibility index (Phi) is 6.04. The maximum absolute atomic E-state index is 12.2. The van der Waals surface area contributed by atoms with Gasteiger partial charge in [0, 0.05) is 43.7 Å². The van der Waals surface area contributed by atoms with Crippen molar-refractivity contribution in [1.82, 2.24) is 14.6 Å². The normalized spacial score (nSPS) is 15.6. The number of likely N-dealkylation sites (N-methyl/N-ethyl adjacent to an activating group) is 1. The van der Waals surface area contributed by atoms with Crippen molar-refractivity contribution < 1.29 is 8.42 Å². The van der Waals surface area contributed by atoms with Crippen LogP contribution in [0, 0.1) is 0 Å². The van der Waals surface area contributed by atoms with Crippen LogP contribution in [0.15, 0.2) is 59.5 Å². The lowest BCUT2D eigenvalue weighted by atomic mass is 10.1. The van der Waals surface area contributed by atoms with E-state index in [0.29, 0.717) is 6.54 Å². The highest BCUT2D eigenvalue weighted by atomic mass is 32.2. The first-order valence-electron chi connectivity index (χ1n) is 10.5. The first-order valence-corrected chi connectivity index (χ1v) is 12.0. The van der Waals surface area contributed by atoms with Crippen LogP contribution in [0.4, 0.5) is 5.82 Å². The van der Waals surface area contributed by atoms with Gasteiger partial charge in [-0.05, 0) is 30.1 Å². The lowest BCUT2D eigenvalue weighted by Gasteiger charge is -2.35. The van der Waals surface area contributed by atoms with Gasteiger partial charge < -0.3 is 9.80 Å². The number of rotatable bonds is 6. The molecule has 1 aliphatic rings. The maximum Gasteiger partial charge on any atom is 0.240 e. The molecule has 3 aromatic rings. The Hall–Kier alpha value is -2.48. The van der Waals surface area contributed by atoms with Crippen LogP contribution in [-0.2, 0) is 10.0 Å². The van der Waals surface area contributed by atoms with Gasteiger partial charge in [-0.2, -0.15) is 0 Å². The van der Waals surface area contributed by atoms with Gasteiger partial charge in [0.1, 0.15) is 5.82 Å². The average Bonchev–Trinajstić information content (AvgIpc) is 2.78. The lowest BCUT2D eigenvalue weighted by Crippen LogP contribution is -2.46. The molecular weight excluding hydrogens is 396 g/mol. The van der Waals surface area contributed by atoms with Crippen molar-refractivity contribution in [2.24, 2.45) is 0 Å². The first-order chi connectivity index (χ1) is 14.5. The SMILES string of the molecule is CCNS(=O)(=O)c1ccc(-c2cc3ccccc3c(N3CCN(CC)CC3)n2)cc1. The van der Waals surface area contributed by atoms with Crippen LogP contribution in [0.2, 0.25) is 0 Å². The lowest BCUT2D eigenvalue weighted by molar-refractivity contribution is 0.271. The van der Waals surface area contributed by atoms with Gasteiger partial charge in [0.15, 0.2) is 0 Å². The molecule has 30 heavy (non-hydrogen) atoms. The molecule has 7 heteroatoms. The molecule has 0 spiro atoms. The molecular formula is C23H28N4O2S. The summed E-state index contributed by atoms with van der Waals surface area (Å²) >= 11 is 0. The van der Waals surface area contributed by atoms with Crippen LogP contribution in [0.3, 0.4) is 0 Å². The number of pyridine rings is 1. The van der Waals surface area contributed by atoms with Gasteiger partial charge in [-0.1, -0.05) is 50.2 Å². The van der Waals surface area contributed by atoms with Gasteiger partial charge in [-0.15, -0.1) is 0 Å². The highest BCUT2D eigenvalue weighted by Crippen LogP contribution is 2.31. The molecule has 1 fully saturated rings. The van der Waals surface area contributed by atoms with Crippen molar-refractivity contribution in [3.63, 3.8) is 0 Å². The van der Waals surface area contributed by atoms with E-state index < -0.39 is 10.0 Å². The minimum absolute atomic E-state index is 0.268. The summed E-state index contributed by atoms with van der Waals surface area (Å²) in [4.78, 5) is 10.1. The predicted molar refractivity (Wildman–Crippen MR) is 122 cm³/mol. The Morgan fingerprint density at radius 1 is 0.967 bits per heavy atom. The molecule has 6 nitrogen and oxygen atoms in total. The van der Waals surface area contributed by atoms with E-state index in [-0.39, 0.29) is 4.90 Å². The number of hydrogen-bond donors (Lipinski definition) is 1. The van der Waals surface area contributed by atoms with Crippen LogP contribution >= 0.6 is 0 Å². The molecule has 1 saturated heterocycles. The molecule has 1 aliphatic heterocycles. The number of nitrogens with zero attached hydrogens (tertiary/aromatic N) is 3. The van der Waals surface area contributed by atoms with E-state index in [9.17, 15) is 8.42 Å². The standard InChI is InChI=1S/C23H28N4O2S/c1-3-24-30(28,29)20-11-9-18(10-12-20)22-17-19-7-5-6-8-21(19)23(25-22)27-15-13-26(4-2)14-16-27/h5-12,17,24H,3-4,13-16H2,1-2H3. The van der Waals surface area contributed by atoms with Crippen LogP contribution < -0.4 is 9.62 Å². The third-order valence-electron chi connectivity index (χ3n) is 5.63. The van der Waals surface area contributed by atoms with E-state index in [0.717, 1.165) is 60.6 Å². The fourth-order valence-corrected chi connectivity index (χ4v) is 4.96. The average molecular weight is 425 g/mol. The zero-order valence-electron chi connectivity index (χ0n) is 17.5. The molecule has 0 unspecified atom stereocenters. The summed E-state index contributed by atoms with van der Waals surface area (Å²) in [5, 5.41) is 2.29. The summed E-state index contributed by atoms with van der Waals surface area (Å²) in [6.07, 6.45) is 0. The summed E-state index contributed by atoms with van der Waals surface area (Å²) < 4.78 is 27.0. The van der Waals surface area contributed by atoms with Crippen molar-refractivity contribution >= 4 is 26.6 Å². The van der Waals surface area contributed by atoms with Crippen molar-refractivity contribution in [3.8, 4) is 11.3 Å². The molecule has 4 rings (SSSR count). The molecule has 1 aromatic heterocycles. The molecule has 0 saturated carbocycles. The first kappa shape index (κ1) is 20.8. The van der Waals surface area contributed by atoms with Crippen molar-refractivity contribution in [3.05, 3.63) is 54.6 Å². The van der Waals surface area contributed by atoms with Gasteiger partial charge in [0.05, 0.1) is 10.6 Å². The Morgan fingerprint density at radius 2 is 1.67 bits per heavy atom. The number of sulfonamides is 1. The van der Waals surface area contributed by atoms with E-state index in [4.69, 9.17) is 4.98 Å². The number of anilines is 1. The summed E-state index contributed by atoms with van der Waals surface area (Å²) in [7, 11) is -3.46. The van der Waals surface area contributed by atoms with E-state index in [1.165, 1.54) is 0 Å². The molecule has 2 aromatic carbocycles. The van der Waals surface area contributed by atoms with E-state index in [1.54, 1.807) is 19.1 Å². The third-order valence-corrected chi connectivity index (χ3v) is 7.20. The van der Waals surface area contributed by atoms with Crippen molar-refractivity contribution in [1.29, 1.82) is 0 Å². The van der Waals surface area contributed by atoms with Crippen molar-refractivity contribution in [2.45, 2.75) is 18.7 Å². The fraction of sp³-hybridized carbons (Fsp3) is 0.348. The van der Waals surface area contributed by atoms with Crippen LogP contribution in [0.25, 0.3) is 22.0 Å². The Balaban J connectivity index is 1.72. The Labute approximate surface area is 178 Å². The monoisotopic (exact) mass is 424 g/mol. The summed E-state index contributed by atoms with van der Waals surface area (Å²) in [6.45, 7) is 9.38. The second-order valence-corrected chi connectivity index (χ2v) is 9.27. The van der Waals surface area contributed by atoms with Gasteiger partial charge >= 0.3 is 0 Å². The van der Waals surface area contributed by atoms with E-state index >= 15 is 0 Å². The minimum Gasteiger partial charge on any atom is -0.354 e. The van der Waals surface area contributed by atoms with Gasteiger partial charge in [0.2, 0.25) is 10.0 Å². The molecule has 0 atom stereocenters. The van der Waals surface area contributed by atoms with Crippen LogP contribution in [0.5, 0.6) is 0 Å². The number of fused-ring (bicyclic) bond motifs is 1. The Morgan fingerprint density at radius 3 is 2.33 bits per heavy atom. The highest BCUT2D eigenvalue weighted by Gasteiger charge is 2.20. The molecule has 0 radical (unpaired) electrons. The third kappa shape index (κ3) is 4.19. The van der Waals surface area contributed by atoms with E-state index in [1.807, 2.05) is 18.2 Å². The molecule has 0 aliphatic carbocycles. The number of aromatic nitrogens is 1. The van der Waals surface area contributed by atoms with Crippen LogP contribution in [0.1, 0.15) is 13.8 Å². The molecule has 1 N–H and O–H groups in total. The predicted octanol–water partition coefficient (Wildman–Crippen LogP) is 3.34. The Bertz CT molecular complexity index is 1120. The smallest absolute Gasteiger partial charge is 0.240 e. The summed E-state index contributed by atoms with van der Waals surface area (Å²) in [5.41, 5.74) is 1.76. The second kappa shape index (κ2) is 8.71. The summed E-state index contributed by atoms with van der Waals surface area (Å²) in [6, 6.07) is 17.4. The fourth-order valence-electron chi connectivity index (χ4n) is 3.92. The molecule has 0 bridgehead atoms. The molecule has 0 amide bonds. The molecule has 2 heterocycles. The molecule has 158 valence electrons. The largest absolute Gasteiger partial charge is 0.354 e. The van der Waals surface area contributed by atoms with Gasteiger partial charge in [-0.25, -0.2) is 18.1 Å². The van der Waals surface area contributed by atoms with Crippen LogP contribution in [-0.4, -0.2) is 57.6 Å². The second-order valence-electron chi connectivity index (χ2n) is 7.50.